The van der Waals surface area contributed by atoms with Crippen molar-refractivity contribution in [2.24, 2.45) is 11.8 Å². The quantitative estimate of drug-likeness (QED) is 0.403. The Hall–Kier alpha value is -0.930. The van der Waals surface area contributed by atoms with Crippen molar-refractivity contribution in [1.82, 2.24) is 0 Å². The van der Waals surface area contributed by atoms with Crippen LogP contribution in [0.3, 0.4) is 0 Å². The van der Waals surface area contributed by atoms with Crippen molar-refractivity contribution in [1.29, 1.82) is 0 Å². The van der Waals surface area contributed by atoms with Crippen LogP contribution < -0.4 is 5.32 Å². The van der Waals surface area contributed by atoms with Crippen molar-refractivity contribution in [3.8, 4) is 0 Å². The first kappa shape index (κ1) is 17.4. The Morgan fingerprint density at radius 1 is 1.18 bits per heavy atom. The Morgan fingerprint density at radius 2 is 1.77 bits per heavy atom. The third-order valence-corrected chi connectivity index (χ3v) is 4.79. The molecular weight excluding hydrogens is 420 g/mol. The molecule has 0 radical (unpaired) electrons. The zero-order valence-corrected chi connectivity index (χ0v) is 13.5. The van der Waals surface area contributed by atoms with Gasteiger partial charge in [0.15, 0.2) is 0 Å². The molecule has 0 aliphatic heterocycles. The molecule has 1 amide bonds. The number of alkyl halides is 3. The maximum absolute atomic E-state index is 13.4. The van der Waals surface area contributed by atoms with Crippen LogP contribution in [0.4, 0.5) is 27.6 Å². The molecule has 1 aliphatic carbocycles. The fraction of sp³-hybridized carbons (Fsp3) is 0.500. The molecule has 0 aromatic heterocycles. The van der Waals surface area contributed by atoms with E-state index >= 15 is 0 Å². The van der Waals surface area contributed by atoms with E-state index in [4.69, 9.17) is 0 Å². The number of hydrogen-bond acceptors (Lipinski definition) is 1. The molecule has 1 aromatic carbocycles. The molecule has 2 rings (SSSR count). The van der Waals surface area contributed by atoms with Gasteiger partial charge < -0.3 is 5.32 Å². The monoisotopic (exact) mass is 433 g/mol. The minimum atomic E-state index is -4.32. The lowest BCUT2D eigenvalue weighted by atomic mass is 9.80. The molecule has 0 spiro atoms. The molecule has 2 unspecified atom stereocenters. The Labute approximate surface area is 137 Å². The lowest BCUT2D eigenvalue weighted by molar-refractivity contribution is -0.185. The molecule has 0 bridgehead atoms. The summed E-state index contributed by atoms with van der Waals surface area (Å²) in [6.07, 6.45) is -3.95. The number of halogens is 6. The van der Waals surface area contributed by atoms with Gasteiger partial charge in [-0.25, -0.2) is 8.78 Å². The van der Waals surface area contributed by atoms with Crippen molar-refractivity contribution in [3.05, 3.63) is 27.3 Å². The molecule has 2 atom stereocenters. The number of rotatable bonds is 2. The second-order valence-corrected chi connectivity index (χ2v) is 6.42. The Kier molecular flexibility index (Phi) is 5.29. The van der Waals surface area contributed by atoms with E-state index < -0.39 is 35.6 Å². The zero-order valence-electron chi connectivity index (χ0n) is 11.3. The summed E-state index contributed by atoms with van der Waals surface area (Å²) in [5, 5.41) is 2.30. The summed E-state index contributed by atoms with van der Waals surface area (Å²) in [7, 11) is 0. The average molecular weight is 433 g/mol. The fourth-order valence-corrected chi connectivity index (χ4v) is 2.91. The van der Waals surface area contributed by atoms with Gasteiger partial charge in [-0.05, 0) is 54.0 Å². The van der Waals surface area contributed by atoms with E-state index in [0.717, 1.165) is 12.1 Å². The van der Waals surface area contributed by atoms with Crippen molar-refractivity contribution in [3.63, 3.8) is 0 Å². The molecule has 1 N–H and O–H groups in total. The lowest BCUT2D eigenvalue weighted by Gasteiger charge is -2.29. The number of amides is 1. The average Bonchev–Trinajstić information content (AvgIpc) is 2.44. The number of nitrogens with one attached hydrogen (secondary N) is 1. The van der Waals surface area contributed by atoms with Crippen LogP contribution >= 0.6 is 22.6 Å². The molecule has 1 aliphatic rings. The topological polar surface area (TPSA) is 29.1 Å². The van der Waals surface area contributed by atoms with Crippen molar-refractivity contribution >= 4 is 34.2 Å². The van der Waals surface area contributed by atoms with E-state index in [1.165, 1.54) is 22.6 Å². The van der Waals surface area contributed by atoms with Gasteiger partial charge in [-0.15, -0.1) is 0 Å². The zero-order chi connectivity index (χ0) is 16.5. The summed E-state index contributed by atoms with van der Waals surface area (Å²) in [4.78, 5) is 12.0. The van der Waals surface area contributed by atoms with Gasteiger partial charge in [-0.2, -0.15) is 13.2 Å². The third kappa shape index (κ3) is 4.08. The van der Waals surface area contributed by atoms with Gasteiger partial charge in [0.05, 0.1) is 9.49 Å². The van der Waals surface area contributed by atoms with Crippen LogP contribution in [0.5, 0.6) is 0 Å². The molecule has 122 valence electrons. The normalized spacial score (nSPS) is 22.5. The van der Waals surface area contributed by atoms with Crippen LogP contribution in [-0.2, 0) is 4.79 Å². The predicted octanol–water partition coefficient (Wildman–Crippen LogP) is 4.88. The molecule has 2 nitrogen and oxygen atoms in total. The Morgan fingerprint density at radius 3 is 2.32 bits per heavy atom. The first-order chi connectivity index (χ1) is 10.2. The predicted molar refractivity (Wildman–Crippen MR) is 79.2 cm³/mol. The van der Waals surface area contributed by atoms with Crippen LogP contribution in [0.25, 0.3) is 0 Å². The Balaban J connectivity index is 2.06. The second kappa shape index (κ2) is 6.67. The van der Waals surface area contributed by atoms with E-state index in [1.54, 1.807) is 0 Å². The minimum absolute atomic E-state index is 0.0140. The highest BCUT2D eigenvalue weighted by Gasteiger charge is 2.43. The van der Waals surface area contributed by atoms with Crippen LogP contribution in [0.15, 0.2) is 12.1 Å². The summed E-state index contributed by atoms with van der Waals surface area (Å²) in [5.41, 5.74) is -0.0884. The van der Waals surface area contributed by atoms with E-state index in [1.807, 2.05) is 0 Å². The standard InChI is InChI=1S/C14H13F5INO/c15-10-5-9(6-11(16)12(10)20)21-13(22)7-2-1-3-8(4-7)14(17,18)19/h5-8H,1-4H2,(H,21,22). The first-order valence-corrected chi connectivity index (χ1v) is 7.78. The second-order valence-electron chi connectivity index (χ2n) is 5.35. The van der Waals surface area contributed by atoms with Crippen LogP contribution in [0, 0.1) is 27.0 Å². The maximum atomic E-state index is 13.4. The number of carbonyl (C=O) groups excluding carboxylic acids is 1. The van der Waals surface area contributed by atoms with Crippen LogP contribution in [0.2, 0.25) is 0 Å². The summed E-state index contributed by atoms with van der Waals surface area (Å²) < 4.78 is 64.8. The number of carbonyl (C=O) groups is 1. The van der Waals surface area contributed by atoms with Crippen molar-refractivity contribution < 1.29 is 26.7 Å². The summed E-state index contributed by atoms with van der Waals surface area (Å²) in [5.74, 6) is -4.58. The summed E-state index contributed by atoms with van der Waals surface area (Å²) in [6, 6.07) is 1.90. The molecule has 8 heteroatoms. The van der Waals surface area contributed by atoms with Crippen molar-refractivity contribution in [2.45, 2.75) is 31.9 Å². The molecule has 0 heterocycles. The van der Waals surface area contributed by atoms with Crippen LogP contribution in [0.1, 0.15) is 25.7 Å². The Bertz CT molecular complexity index is 552. The molecule has 0 saturated heterocycles. The lowest BCUT2D eigenvalue weighted by Crippen LogP contribution is -2.34. The van der Waals surface area contributed by atoms with Gasteiger partial charge in [0.1, 0.15) is 11.6 Å². The molecule has 1 aromatic rings. The van der Waals surface area contributed by atoms with E-state index in [0.29, 0.717) is 12.8 Å². The van der Waals surface area contributed by atoms with E-state index in [2.05, 4.69) is 5.32 Å². The summed E-state index contributed by atoms with van der Waals surface area (Å²) >= 11 is 1.49. The van der Waals surface area contributed by atoms with E-state index in [9.17, 15) is 26.7 Å². The van der Waals surface area contributed by atoms with E-state index in [-0.39, 0.29) is 22.1 Å². The summed E-state index contributed by atoms with van der Waals surface area (Å²) in [6.45, 7) is 0. The van der Waals surface area contributed by atoms with Crippen LogP contribution in [-0.4, -0.2) is 12.1 Å². The molecule has 1 fully saturated rings. The van der Waals surface area contributed by atoms with Gasteiger partial charge >= 0.3 is 6.18 Å². The van der Waals surface area contributed by atoms with Crippen molar-refractivity contribution in [2.75, 3.05) is 5.32 Å². The van der Waals surface area contributed by atoms with Gasteiger partial charge in [0, 0.05) is 11.6 Å². The minimum Gasteiger partial charge on any atom is -0.326 e. The van der Waals surface area contributed by atoms with Gasteiger partial charge in [-0.3, -0.25) is 4.79 Å². The third-order valence-electron chi connectivity index (χ3n) is 3.76. The smallest absolute Gasteiger partial charge is 0.326 e. The number of anilines is 1. The van der Waals surface area contributed by atoms with Gasteiger partial charge in [0.2, 0.25) is 5.91 Å². The maximum Gasteiger partial charge on any atom is 0.391 e. The van der Waals surface area contributed by atoms with Gasteiger partial charge in [0.25, 0.3) is 0 Å². The van der Waals surface area contributed by atoms with Gasteiger partial charge in [-0.1, -0.05) is 6.42 Å². The molecule has 22 heavy (non-hydrogen) atoms. The highest BCUT2D eigenvalue weighted by molar-refractivity contribution is 14.1. The highest BCUT2D eigenvalue weighted by atomic mass is 127. The molecular formula is C14H13F5INO. The fourth-order valence-electron chi connectivity index (χ4n) is 2.60. The highest BCUT2D eigenvalue weighted by Crippen LogP contribution is 2.40. The SMILES string of the molecule is O=C(Nc1cc(F)c(I)c(F)c1)C1CCCC(C(F)(F)F)C1. The first-order valence-electron chi connectivity index (χ1n) is 6.70. The largest absolute Gasteiger partial charge is 0.391 e. The number of benzene rings is 1. The molecule has 1 saturated carbocycles. The number of hydrogen-bond donors (Lipinski definition) is 1.